The van der Waals surface area contributed by atoms with E-state index in [1.165, 1.54) is 15.9 Å². The van der Waals surface area contributed by atoms with E-state index in [9.17, 15) is 9.59 Å². The second kappa shape index (κ2) is 9.24. The number of allylic oxidation sites excluding steroid dienone is 1. The van der Waals surface area contributed by atoms with Gasteiger partial charge >= 0.3 is 5.97 Å². The van der Waals surface area contributed by atoms with Gasteiger partial charge in [0.1, 0.15) is 6.04 Å². The summed E-state index contributed by atoms with van der Waals surface area (Å²) >= 11 is 20.1. The third kappa shape index (κ3) is 4.04. The van der Waals surface area contributed by atoms with Crippen molar-refractivity contribution < 1.29 is 9.53 Å². The lowest BCUT2D eigenvalue weighted by Crippen LogP contribution is -2.40. The van der Waals surface area contributed by atoms with Crippen LogP contribution in [0, 0.1) is 0 Å². The van der Waals surface area contributed by atoms with Crippen LogP contribution in [0.5, 0.6) is 0 Å². The van der Waals surface area contributed by atoms with E-state index in [1.54, 1.807) is 62.4 Å². The lowest BCUT2D eigenvalue weighted by Gasteiger charge is -2.25. The molecule has 1 aliphatic heterocycles. The average Bonchev–Trinajstić information content (AvgIpc) is 3.06. The number of fused-ring (bicyclic) bond motifs is 1. The molecular weight excluding hydrogens is 491 g/mol. The van der Waals surface area contributed by atoms with Gasteiger partial charge in [0.05, 0.1) is 32.5 Å². The zero-order valence-corrected chi connectivity index (χ0v) is 20.1. The molecule has 0 spiro atoms. The van der Waals surface area contributed by atoms with Gasteiger partial charge in [0.15, 0.2) is 4.80 Å². The Morgan fingerprint density at radius 3 is 2.59 bits per heavy atom. The monoisotopic (exact) mass is 506 g/mol. The van der Waals surface area contributed by atoms with Crippen LogP contribution in [0.3, 0.4) is 0 Å². The molecule has 164 valence electrons. The van der Waals surface area contributed by atoms with Crippen molar-refractivity contribution in [3.05, 3.63) is 99.6 Å². The molecule has 0 amide bonds. The standard InChI is InChI=1S/C23H17Cl3N2O3S/c1-3-31-22(30)18-12(2)27-23-28(20(18)14-8-4-5-9-15(14)24)21(29)17(32-23)11-13-7-6-10-16(25)19(13)26/h4-11,20H,3H2,1-2H3. The zero-order chi connectivity index (χ0) is 23.0. The Bertz CT molecular complexity index is 1440. The summed E-state index contributed by atoms with van der Waals surface area (Å²) in [7, 11) is 0. The van der Waals surface area contributed by atoms with Crippen LogP contribution in [0.25, 0.3) is 6.08 Å². The van der Waals surface area contributed by atoms with Crippen LogP contribution in [0.15, 0.2) is 63.5 Å². The Kier molecular flexibility index (Phi) is 6.58. The highest BCUT2D eigenvalue weighted by molar-refractivity contribution is 7.07. The molecule has 0 saturated carbocycles. The number of esters is 1. The normalized spacial score (nSPS) is 16.0. The van der Waals surface area contributed by atoms with Gasteiger partial charge in [-0.2, -0.15) is 0 Å². The van der Waals surface area contributed by atoms with Crippen molar-refractivity contribution in [1.82, 2.24) is 4.57 Å². The molecule has 1 unspecified atom stereocenters. The number of carbonyl (C=O) groups excluding carboxylic acids is 1. The van der Waals surface area contributed by atoms with E-state index in [-0.39, 0.29) is 17.7 Å². The van der Waals surface area contributed by atoms with Gasteiger partial charge in [0, 0.05) is 5.02 Å². The molecule has 0 bridgehead atoms. The Balaban J connectivity index is 2.00. The average molecular weight is 508 g/mol. The molecule has 4 rings (SSSR count). The molecular formula is C23H17Cl3N2O3S. The highest BCUT2D eigenvalue weighted by Crippen LogP contribution is 2.34. The Hall–Kier alpha value is -2.38. The van der Waals surface area contributed by atoms with Gasteiger partial charge in [0.25, 0.3) is 5.56 Å². The number of ether oxygens (including phenoxy) is 1. The summed E-state index contributed by atoms with van der Waals surface area (Å²) in [6.07, 6.45) is 1.67. The Morgan fingerprint density at radius 1 is 1.16 bits per heavy atom. The van der Waals surface area contributed by atoms with Crippen LogP contribution in [-0.4, -0.2) is 17.1 Å². The van der Waals surface area contributed by atoms with Gasteiger partial charge in [-0.1, -0.05) is 76.5 Å². The van der Waals surface area contributed by atoms with Crippen molar-refractivity contribution >= 4 is 58.2 Å². The summed E-state index contributed by atoms with van der Waals surface area (Å²) in [6.45, 7) is 3.64. The van der Waals surface area contributed by atoms with Gasteiger partial charge in [-0.05, 0) is 43.2 Å². The number of carbonyl (C=O) groups is 1. The molecule has 0 fully saturated rings. The quantitative estimate of drug-likeness (QED) is 0.479. The first-order chi connectivity index (χ1) is 15.3. The molecule has 1 atom stereocenters. The van der Waals surface area contributed by atoms with Crippen LogP contribution < -0.4 is 14.9 Å². The fraction of sp³-hybridized carbons (Fsp3) is 0.174. The van der Waals surface area contributed by atoms with Crippen molar-refractivity contribution in [1.29, 1.82) is 0 Å². The Labute approximate surface area is 202 Å². The molecule has 0 radical (unpaired) electrons. The molecule has 0 saturated heterocycles. The van der Waals surface area contributed by atoms with Gasteiger partial charge in [-0.3, -0.25) is 9.36 Å². The number of nitrogens with zero attached hydrogens (tertiary/aromatic N) is 2. The van der Waals surface area contributed by atoms with Gasteiger partial charge in [-0.15, -0.1) is 0 Å². The van der Waals surface area contributed by atoms with Crippen LogP contribution in [-0.2, 0) is 9.53 Å². The molecule has 0 N–H and O–H groups in total. The molecule has 0 aliphatic carbocycles. The Morgan fingerprint density at radius 2 is 1.88 bits per heavy atom. The molecule has 5 nitrogen and oxygen atoms in total. The topological polar surface area (TPSA) is 60.7 Å². The lowest BCUT2D eigenvalue weighted by molar-refractivity contribution is -0.139. The van der Waals surface area contributed by atoms with E-state index in [2.05, 4.69) is 4.99 Å². The molecule has 32 heavy (non-hydrogen) atoms. The number of aromatic nitrogens is 1. The van der Waals surface area contributed by atoms with E-state index in [1.807, 2.05) is 0 Å². The van der Waals surface area contributed by atoms with Crippen molar-refractivity contribution in [3.8, 4) is 0 Å². The van der Waals surface area contributed by atoms with Gasteiger partial charge < -0.3 is 4.74 Å². The number of benzene rings is 2. The fourth-order valence-electron chi connectivity index (χ4n) is 3.56. The van der Waals surface area contributed by atoms with Crippen molar-refractivity contribution in [2.45, 2.75) is 19.9 Å². The highest BCUT2D eigenvalue weighted by Gasteiger charge is 2.34. The predicted molar refractivity (Wildman–Crippen MR) is 128 cm³/mol. The minimum atomic E-state index is -0.768. The zero-order valence-electron chi connectivity index (χ0n) is 17.1. The number of halogens is 3. The first-order valence-corrected chi connectivity index (χ1v) is 11.7. The third-order valence-electron chi connectivity index (χ3n) is 4.98. The summed E-state index contributed by atoms with van der Waals surface area (Å²) in [5.74, 6) is -0.536. The van der Waals surface area contributed by atoms with Crippen molar-refractivity contribution in [2.24, 2.45) is 4.99 Å². The molecule has 2 heterocycles. The maximum absolute atomic E-state index is 13.5. The van der Waals surface area contributed by atoms with Crippen LogP contribution in [0.2, 0.25) is 15.1 Å². The number of thiazole rings is 1. The van der Waals surface area contributed by atoms with E-state index in [0.29, 0.717) is 41.2 Å². The van der Waals surface area contributed by atoms with Gasteiger partial charge in [-0.25, -0.2) is 9.79 Å². The number of hydrogen-bond acceptors (Lipinski definition) is 5. The summed E-state index contributed by atoms with van der Waals surface area (Å²) < 4.78 is 7.16. The predicted octanol–water partition coefficient (Wildman–Crippen LogP) is 4.76. The maximum Gasteiger partial charge on any atom is 0.338 e. The van der Waals surface area contributed by atoms with Crippen molar-refractivity contribution in [2.75, 3.05) is 6.61 Å². The van der Waals surface area contributed by atoms with Gasteiger partial charge in [0.2, 0.25) is 0 Å². The summed E-state index contributed by atoms with van der Waals surface area (Å²) in [4.78, 5) is 31.4. The summed E-state index contributed by atoms with van der Waals surface area (Å²) in [6, 6.07) is 11.5. The van der Waals surface area contributed by atoms with E-state index in [4.69, 9.17) is 39.5 Å². The van der Waals surface area contributed by atoms with Crippen LogP contribution in [0.4, 0.5) is 0 Å². The van der Waals surface area contributed by atoms with E-state index < -0.39 is 12.0 Å². The van der Waals surface area contributed by atoms with Crippen LogP contribution >= 0.6 is 46.1 Å². The maximum atomic E-state index is 13.5. The first-order valence-electron chi connectivity index (χ1n) is 9.71. The van der Waals surface area contributed by atoms with E-state index in [0.717, 1.165) is 0 Å². The minimum absolute atomic E-state index is 0.197. The molecule has 9 heteroatoms. The SMILES string of the molecule is CCOC(=O)C1=C(C)N=c2sc(=Cc3cccc(Cl)c3Cl)c(=O)n2C1c1ccccc1Cl. The van der Waals surface area contributed by atoms with E-state index >= 15 is 0 Å². The fourth-order valence-corrected chi connectivity index (χ4v) is 5.19. The highest BCUT2D eigenvalue weighted by atomic mass is 35.5. The van der Waals surface area contributed by atoms with Crippen molar-refractivity contribution in [3.63, 3.8) is 0 Å². The first kappa shape index (κ1) is 22.8. The molecule has 1 aromatic heterocycles. The summed E-state index contributed by atoms with van der Waals surface area (Å²) in [5.41, 5.74) is 1.66. The largest absolute Gasteiger partial charge is 0.463 e. The van der Waals surface area contributed by atoms with Crippen LogP contribution in [0.1, 0.15) is 31.0 Å². The molecule has 1 aliphatic rings. The smallest absolute Gasteiger partial charge is 0.338 e. The molecule has 3 aromatic rings. The molecule has 2 aromatic carbocycles. The summed E-state index contributed by atoms with van der Waals surface area (Å²) in [5, 5.41) is 1.18. The lowest BCUT2D eigenvalue weighted by atomic mass is 9.96. The number of hydrogen-bond donors (Lipinski definition) is 0. The number of rotatable bonds is 4. The minimum Gasteiger partial charge on any atom is -0.463 e. The second-order valence-electron chi connectivity index (χ2n) is 6.97. The second-order valence-corrected chi connectivity index (χ2v) is 9.17. The third-order valence-corrected chi connectivity index (χ3v) is 7.15.